The van der Waals surface area contributed by atoms with Gasteiger partial charge in [-0.2, -0.15) is 0 Å². The van der Waals surface area contributed by atoms with E-state index in [0.29, 0.717) is 13.1 Å². The third-order valence-electron chi connectivity index (χ3n) is 3.51. The van der Waals surface area contributed by atoms with Crippen LogP contribution in [0.5, 0.6) is 0 Å². The molecule has 0 aliphatic rings. The Morgan fingerprint density at radius 3 is 2.54 bits per heavy atom. The molecular weight excluding hydrogens is 330 g/mol. The molecule has 1 amide bonds. The first-order valence-corrected chi connectivity index (χ1v) is 8.53. The number of nitrogens with one attached hydrogen (secondary N) is 1. The Kier molecular flexibility index (Phi) is 6.75. The standard InChI is InChI=1S/C18H20F2N2OS/c1-12(10-21)11-22-18(23)17(13-5-3-2-4-6-13)24-16-8-7-14(19)9-15(16)20/h2-9,12,17H,10-11,21H2,1H3,(H,22,23). The predicted molar refractivity (Wildman–Crippen MR) is 92.6 cm³/mol. The van der Waals surface area contributed by atoms with E-state index in [0.717, 1.165) is 23.4 Å². The fourth-order valence-electron chi connectivity index (χ4n) is 2.05. The van der Waals surface area contributed by atoms with Gasteiger partial charge in [0.15, 0.2) is 0 Å². The second-order valence-electron chi connectivity index (χ2n) is 5.57. The number of carbonyl (C=O) groups excluding carboxylic acids is 1. The molecule has 2 atom stereocenters. The van der Waals surface area contributed by atoms with Crippen molar-refractivity contribution in [3.8, 4) is 0 Å². The third kappa shape index (κ3) is 5.04. The molecule has 0 heterocycles. The molecule has 0 saturated carbocycles. The van der Waals surface area contributed by atoms with Crippen LogP contribution in [0.2, 0.25) is 0 Å². The molecule has 2 aromatic carbocycles. The second kappa shape index (κ2) is 8.80. The molecule has 0 bridgehead atoms. The Morgan fingerprint density at radius 1 is 1.21 bits per heavy atom. The Labute approximate surface area is 144 Å². The Hall–Kier alpha value is -1.92. The molecular formula is C18H20F2N2OS. The molecule has 0 fully saturated rings. The molecule has 0 saturated heterocycles. The minimum Gasteiger partial charge on any atom is -0.355 e. The monoisotopic (exact) mass is 350 g/mol. The van der Waals surface area contributed by atoms with Crippen molar-refractivity contribution in [2.75, 3.05) is 13.1 Å². The van der Waals surface area contributed by atoms with Crippen LogP contribution in [0.25, 0.3) is 0 Å². The summed E-state index contributed by atoms with van der Waals surface area (Å²) >= 11 is 1.06. The normalized spacial score (nSPS) is 13.3. The van der Waals surface area contributed by atoms with Crippen LogP contribution in [0.3, 0.4) is 0 Å². The van der Waals surface area contributed by atoms with Gasteiger partial charge >= 0.3 is 0 Å². The number of halogens is 2. The lowest BCUT2D eigenvalue weighted by atomic mass is 10.1. The summed E-state index contributed by atoms with van der Waals surface area (Å²) in [6, 6.07) is 12.5. The Balaban J connectivity index is 2.21. The van der Waals surface area contributed by atoms with Crippen LogP contribution in [0.4, 0.5) is 8.78 Å². The molecule has 0 aliphatic heterocycles. The van der Waals surface area contributed by atoms with Crippen LogP contribution >= 0.6 is 11.8 Å². The highest BCUT2D eigenvalue weighted by atomic mass is 32.2. The quantitative estimate of drug-likeness (QED) is 0.752. The van der Waals surface area contributed by atoms with E-state index in [9.17, 15) is 13.6 Å². The smallest absolute Gasteiger partial charge is 0.238 e. The minimum absolute atomic E-state index is 0.151. The van der Waals surface area contributed by atoms with Gasteiger partial charge in [0.05, 0.1) is 0 Å². The van der Waals surface area contributed by atoms with E-state index in [1.165, 1.54) is 12.1 Å². The van der Waals surface area contributed by atoms with Crippen LogP contribution in [-0.2, 0) is 4.79 Å². The first-order valence-electron chi connectivity index (χ1n) is 7.65. The molecule has 3 nitrogen and oxygen atoms in total. The van der Waals surface area contributed by atoms with Crippen molar-refractivity contribution >= 4 is 17.7 Å². The van der Waals surface area contributed by atoms with E-state index in [1.807, 2.05) is 37.3 Å². The fraction of sp³-hybridized carbons (Fsp3) is 0.278. The van der Waals surface area contributed by atoms with Gasteiger partial charge in [-0.25, -0.2) is 8.78 Å². The molecule has 0 radical (unpaired) electrons. The third-order valence-corrected chi connectivity index (χ3v) is 4.81. The number of carbonyl (C=O) groups is 1. The second-order valence-corrected chi connectivity index (χ2v) is 6.72. The maximum atomic E-state index is 13.9. The van der Waals surface area contributed by atoms with Crippen molar-refractivity contribution in [3.05, 3.63) is 65.7 Å². The first kappa shape index (κ1) is 18.4. The number of rotatable bonds is 7. The fourth-order valence-corrected chi connectivity index (χ4v) is 3.11. The lowest BCUT2D eigenvalue weighted by Gasteiger charge is -2.18. The zero-order valence-corrected chi connectivity index (χ0v) is 14.2. The van der Waals surface area contributed by atoms with E-state index in [2.05, 4.69) is 5.32 Å². The van der Waals surface area contributed by atoms with Gasteiger partial charge in [0.25, 0.3) is 0 Å². The molecule has 0 spiro atoms. The zero-order valence-electron chi connectivity index (χ0n) is 13.3. The lowest BCUT2D eigenvalue weighted by Crippen LogP contribution is -2.34. The maximum absolute atomic E-state index is 13.9. The Morgan fingerprint density at radius 2 is 1.92 bits per heavy atom. The van der Waals surface area contributed by atoms with Crippen molar-refractivity contribution in [1.29, 1.82) is 0 Å². The van der Waals surface area contributed by atoms with E-state index >= 15 is 0 Å². The highest BCUT2D eigenvalue weighted by Gasteiger charge is 2.23. The number of nitrogens with two attached hydrogens (primary N) is 1. The van der Waals surface area contributed by atoms with Crippen molar-refractivity contribution in [2.45, 2.75) is 17.1 Å². The first-order chi connectivity index (χ1) is 11.5. The van der Waals surface area contributed by atoms with Crippen LogP contribution < -0.4 is 11.1 Å². The molecule has 0 aliphatic carbocycles. The summed E-state index contributed by atoms with van der Waals surface area (Å²) in [4.78, 5) is 12.8. The van der Waals surface area contributed by atoms with Gasteiger partial charge in [0, 0.05) is 17.5 Å². The number of amides is 1. The summed E-state index contributed by atoms with van der Waals surface area (Å²) in [7, 11) is 0. The largest absolute Gasteiger partial charge is 0.355 e. The summed E-state index contributed by atoms with van der Waals surface area (Å²) in [5.74, 6) is -1.40. The van der Waals surface area contributed by atoms with Crippen molar-refractivity contribution in [3.63, 3.8) is 0 Å². The minimum atomic E-state index is -0.677. The summed E-state index contributed by atoms with van der Waals surface area (Å²) in [6.07, 6.45) is 0. The molecule has 0 aromatic heterocycles. The van der Waals surface area contributed by atoms with Gasteiger partial charge in [-0.15, -0.1) is 11.8 Å². The topological polar surface area (TPSA) is 55.1 Å². The molecule has 6 heteroatoms. The molecule has 2 rings (SSSR count). The van der Waals surface area contributed by atoms with Crippen molar-refractivity contribution < 1.29 is 13.6 Å². The van der Waals surface area contributed by atoms with Gasteiger partial charge < -0.3 is 11.1 Å². The average molecular weight is 350 g/mol. The van der Waals surface area contributed by atoms with Crippen LogP contribution in [0.1, 0.15) is 17.7 Å². The summed E-state index contributed by atoms with van der Waals surface area (Å²) in [5, 5.41) is 2.22. The highest BCUT2D eigenvalue weighted by Crippen LogP contribution is 2.36. The van der Waals surface area contributed by atoms with Gasteiger partial charge in [-0.1, -0.05) is 37.3 Å². The highest BCUT2D eigenvalue weighted by molar-refractivity contribution is 8.00. The zero-order chi connectivity index (χ0) is 17.5. The molecule has 2 aromatic rings. The molecule has 3 N–H and O–H groups in total. The summed E-state index contributed by atoms with van der Waals surface area (Å²) in [6.45, 7) is 2.85. The number of hydrogen-bond acceptors (Lipinski definition) is 3. The number of benzene rings is 2. The van der Waals surface area contributed by atoms with E-state index in [1.54, 1.807) is 0 Å². The van der Waals surface area contributed by atoms with Crippen LogP contribution in [0, 0.1) is 17.6 Å². The van der Waals surface area contributed by atoms with Gasteiger partial charge in [0.1, 0.15) is 16.9 Å². The van der Waals surface area contributed by atoms with Gasteiger partial charge in [0.2, 0.25) is 5.91 Å². The van der Waals surface area contributed by atoms with Gasteiger partial charge in [-0.05, 0) is 30.2 Å². The lowest BCUT2D eigenvalue weighted by molar-refractivity contribution is -0.120. The molecule has 24 heavy (non-hydrogen) atoms. The van der Waals surface area contributed by atoms with Crippen LogP contribution in [-0.4, -0.2) is 19.0 Å². The average Bonchev–Trinajstić information content (AvgIpc) is 2.59. The molecule has 128 valence electrons. The summed E-state index contributed by atoms with van der Waals surface area (Å²) in [5.41, 5.74) is 6.32. The van der Waals surface area contributed by atoms with E-state index < -0.39 is 16.9 Å². The molecule has 2 unspecified atom stereocenters. The predicted octanol–water partition coefficient (Wildman–Crippen LogP) is 3.51. The SMILES string of the molecule is CC(CN)CNC(=O)C(Sc1ccc(F)cc1F)c1ccccc1. The summed E-state index contributed by atoms with van der Waals surface area (Å²) < 4.78 is 27.0. The number of hydrogen-bond donors (Lipinski definition) is 2. The van der Waals surface area contributed by atoms with E-state index in [4.69, 9.17) is 5.73 Å². The van der Waals surface area contributed by atoms with E-state index in [-0.39, 0.29) is 16.7 Å². The van der Waals surface area contributed by atoms with Gasteiger partial charge in [-0.3, -0.25) is 4.79 Å². The Bertz CT molecular complexity index is 682. The maximum Gasteiger partial charge on any atom is 0.238 e. The van der Waals surface area contributed by atoms with Crippen LogP contribution in [0.15, 0.2) is 53.4 Å². The van der Waals surface area contributed by atoms with Crippen molar-refractivity contribution in [2.24, 2.45) is 11.7 Å². The van der Waals surface area contributed by atoms with Crippen molar-refractivity contribution in [1.82, 2.24) is 5.32 Å². The number of thioether (sulfide) groups is 1.